The number of nitrogens with zero attached hydrogens (tertiary/aromatic N) is 1. The summed E-state index contributed by atoms with van der Waals surface area (Å²) in [5, 5.41) is 5.74. The molecule has 0 saturated carbocycles. The monoisotopic (exact) mass is 307 g/mol. The van der Waals surface area contributed by atoms with Gasteiger partial charge in [0.15, 0.2) is 0 Å². The molecule has 0 amide bonds. The summed E-state index contributed by atoms with van der Waals surface area (Å²) < 4.78 is 1.09. The Morgan fingerprint density at radius 1 is 1.33 bits per heavy atom. The summed E-state index contributed by atoms with van der Waals surface area (Å²) in [5.74, 6) is 0.915. The number of nitrogens with two attached hydrogens (primary N) is 1. The number of hydrogen-bond acceptors (Lipinski definition) is 3. The zero-order valence-corrected chi connectivity index (χ0v) is 12.1. The Morgan fingerprint density at radius 2 is 2.17 bits per heavy atom. The molecule has 0 spiro atoms. The van der Waals surface area contributed by atoms with Crippen LogP contribution < -0.4 is 11.1 Å². The van der Waals surface area contributed by atoms with Crippen LogP contribution in [0, 0.1) is 0 Å². The van der Waals surface area contributed by atoms with Gasteiger partial charge in [-0.1, -0.05) is 41.4 Å². The summed E-state index contributed by atoms with van der Waals surface area (Å²) in [6.45, 7) is 2.79. The number of hydrogen-bond donors (Lipinski definition) is 2. The van der Waals surface area contributed by atoms with Crippen molar-refractivity contribution in [3.63, 3.8) is 0 Å². The zero-order valence-electron chi connectivity index (χ0n) is 10.5. The Morgan fingerprint density at radius 3 is 2.89 bits per heavy atom. The van der Waals surface area contributed by atoms with Gasteiger partial charge in [0.05, 0.1) is 0 Å². The lowest BCUT2D eigenvalue weighted by atomic mass is 10.1. The van der Waals surface area contributed by atoms with E-state index in [1.165, 1.54) is 5.39 Å². The molecule has 0 fully saturated rings. The second kappa shape index (κ2) is 6.16. The molecule has 0 bridgehead atoms. The van der Waals surface area contributed by atoms with Gasteiger partial charge in [-0.25, -0.2) is 4.98 Å². The van der Waals surface area contributed by atoms with E-state index in [0.29, 0.717) is 6.54 Å². The van der Waals surface area contributed by atoms with Crippen molar-refractivity contribution in [3.05, 3.63) is 34.9 Å². The maximum absolute atomic E-state index is 5.78. The Bertz CT molecular complexity index is 527. The van der Waals surface area contributed by atoms with Crippen LogP contribution >= 0.6 is 15.9 Å². The third-order valence-corrected chi connectivity index (χ3v) is 3.71. The van der Waals surface area contributed by atoms with Crippen LogP contribution in [0.1, 0.15) is 19.8 Å². The Labute approximate surface area is 116 Å². The molecular formula is C14H18BrN3. The fourth-order valence-corrected chi connectivity index (χ4v) is 2.57. The van der Waals surface area contributed by atoms with Crippen LogP contribution in [0.2, 0.25) is 0 Å². The molecule has 2 aromatic rings. The van der Waals surface area contributed by atoms with Crippen LogP contribution in [0.15, 0.2) is 34.9 Å². The molecule has 0 aliphatic carbocycles. The van der Waals surface area contributed by atoms with Gasteiger partial charge in [-0.15, -0.1) is 0 Å². The quantitative estimate of drug-likeness (QED) is 0.888. The highest BCUT2D eigenvalue weighted by atomic mass is 79.9. The molecule has 18 heavy (non-hydrogen) atoms. The smallest absolute Gasteiger partial charge is 0.134 e. The first kappa shape index (κ1) is 13.3. The Balaban J connectivity index is 2.36. The Kier molecular flexibility index (Phi) is 4.55. The first-order valence-electron chi connectivity index (χ1n) is 6.26. The highest BCUT2D eigenvalue weighted by Crippen LogP contribution is 2.28. The third-order valence-electron chi connectivity index (χ3n) is 3.02. The number of fused-ring (bicyclic) bond motifs is 1. The number of aromatic nitrogens is 1. The first-order valence-corrected chi connectivity index (χ1v) is 7.05. The topological polar surface area (TPSA) is 50.9 Å². The molecule has 2 rings (SSSR count). The lowest BCUT2D eigenvalue weighted by Crippen LogP contribution is -2.29. The molecular weight excluding hydrogens is 290 g/mol. The van der Waals surface area contributed by atoms with Crippen molar-refractivity contribution in [1.29, 1.82) is 0 Å². The summed E-state index contributed by atoms with van der Waals surface area (Å²) in [6.07, 6.45) is 4.00. The van der Waals surface area contributed by atoms with Gasteiger partial charge in [0.1, 0.15) is 5.82 Å². The molecule has 0 aliphatic rings. The van der Waals surface area contributed by atoms with Gasteiger partial charge in [-0.3, -0.25) is 0 Å². The van der Waals surface area contributed by atoms with E-state index in [1.54, 1.807) is 0 Å². The van der Waals surface area contributed by atoms with E-state index >= 15 is 0 Å². The molecule has 96 valence electrons. The van der Waals surface area contributed by atoms with Crippen LogP contribution in [0.25, 0.3) is 10.8 Å². The fourth-order valence-electron chi connectivity index (χ4n) is 2.07. The molecule has 4 heteroatoms. The first-order chi connectivity index (χ1) is 8.76. The second-order valence-electron chi connectivity index (χ2n) is 4.36. The van der Waals surface area contributed by atoms with Gasteiger partial charge in [-0.05, 0) is 18.6 Å². The molecule has 3 nitrogen and oxygen atoms in total. The standard InChI is InChI=1S/C14H18BrN3/c1-2-4-10(9-16)18-14-12-5-3-6-13(15)11(12)7-8-17-14/h3,5-8,10H,2,4,9,16H2,1H3,(H,17,18). The van der Waals surface area contributed by atoms with Crippen molar-refractivity contribution in [2.24, 2.45) is 5.73 Å². The minimum Gasteiger partial charge on any atom is -0.366 e. The number of benzene rings is 1. The minimum absolute atomic E-state index is 0.284. The van der Waals surface area contributed by atoms with Gasteiger partial charge in [-0.2, -0.15) is 0 Å². The SMILES string of the molecule is CCCC(CN)Nc1nccc2c(Br)cccc12. The highest BCUT2D eigenvalue weighted by molar-refractivity contribution is 9.10. The molecule has 1 aromatic carbocycles. The summed E-state index contributed by atoms with van der Waals surface area (Å²) in [6, 6.07) is 8.44. The van der Waals surface area contributed by atoms with Crippen LogP contribution in [0.3, 0.4) is 0 Å². The molecule has 3 N–H and O–H groups in total. The fraction of sp³-hybridized carbons (Fsp3) is 0.357. The third kappa shape index (κ3) is 2.82. The number of halogens is 1. The van der Waals surface area contributed by atoms with E-state index in [4.69, 9.17) is 5.73 Å². The van der Waals surface area contributed by atoms with Crippen LogP contribution in [0.5, 0.6) is 0 Å². The maximum Gasteiger partial charge on any atom is 0.134 e. The summed E-state index contributed by atoms with van der Waals surface area (Å²) >= 11 is 3.56. The number of anilines is 1. The molecule has 1 atom stereocenters. The number of nitrogens with one attached hydrogen (secondary N) is 1. The average molecular weight is 308 g/mol. The van der Waals surface area contributed by atoms with Gasteiger partial charge < -0.3 is 11.1 Å². The van der Waals surface area contributed by atoms with E-state index in [9.17, 15) is 0 Å². The Hall–Kier alpha value is -1.13. The van der Waals surface area contributed by atoms with Crippen molar-refractivity contribution >= 4 is 32.5 Å². The maximum atomic E-state index is 5.78. The highest BCUT2D eigenvalue weighted by Gasteiger charge is 2.09. The molecule has 0 aliphatic heterocycles. The normalized spacial score (nSPS) is 12.6. The van der Waals surface area contributed by atoms with Gasteiger partial charge in [0.25, 0.3) is 0 Å². The molecule has 0 saturated heterocycles. The minimum atomic E-state index is 0.284. The molecule has 0 radical (unpaired) electrons. The van der Waals surface area contributed by atoms with E-state index in [0.717, 1.165) is 28.5 Å². The van der Waals surface area contributed by atoms with E-state index in [1.807, 2.05) is 24.4 Å². The zero-order chi connectivity index (χ0) is 13.0. The molecule has 1 unspecified atom stereocenters. The lowest BCUT2D eigenvalue weighted by Gasteiger charge is -2.18. The van der Waals surface area contributed by atoms with Crippen molar-refractivity contribution in [2.45, 2.75) is 25.8 Å². The van der Waals surface area contributed by atoms with Crippen LogP contribution in [0.4, 0.5) is 5.82 Å². The summed E-state index contributed by atoms with van der Waals surface area (Å²) in [4.78, 5) is 4.43. The molecule has 1 heterocycles. The van der Waals surface area contributed by atoms with Gasteiger partial charge in [0, 0.05) is 34.0 Å². The summed E-state index contributed by atoms with van der Waals surface area (Å²) in [5.41, 5.74) is 5.78. The molecule has 1 aromatic heterocycles. The van der Waals surface area contributed by atoms with Crippen LogP contribution in [-0.4, -0.2) is 17.6 Å². The van der Waals surface area contributed by atoms with Gasteiger partial charge in [0.2, 0.25) is 0 Å². The van der Waals surface area contributed by atoms with Gasteiger partial charge >= 0.3 is 0 Å². The van der Waals surface area contributed by atoms with E-state index < -0.39 is 0 Å². The predicted molar refractivity (Wildman–Crippen MR) is 80.8 cm³/mol. The second-order valence-corrected chi connectivity index (χ2v) is 5.21. The number of rotatable bonds is 5. The predicted octanol–water partition coefficient (Wildman–Crippen LogP) is 3.54. The van der Waals surface area contributed by atoms with Crippen molar-refractivity contribution in [1.82, 2.24) is 4.98 Å². The van der Waals surface area contributed by atoms with Crippen molar-refractivity contribution < 1.29 is 0 Å². The van der Waals surface area contributed by atoms with Crippen molar-refractivity contribution in [3.8, 4) is 0 Å². The average Bonchev–Trinajstić information content (AvgIpc) is 2.39. The van der Waals surface area contributed by atoms with Crippen LogP contribution in [-0.2, 0) is 0 Å². The largest absolute Gasteiger partial charge is 0.366 e. The number of pyridine rings is 1. The van der Waals surface area contributed by atoms with Crippen molar-refractivity contribution in [2.75, 3.05) is 11.9 Å². The lowest BCUT2D eigenvalue weighted by molar-refractivity contribution is 0.646. The van der Waals surface area contributed by atoms with E-state index in [-0.39, 0.29) is 6.04 Å². The van der Waals surface area contributed by atoms with E-state index in [2.05, 4.69) is 39.2 Å². The summed E-state index contributed by atoms with van der Waals surface area (Å²) in [7, 11) is 0.